The second-order valence-corrected chi connectivity index (χ2v) is 6.62. The summed E-state index contributed by atoms with van der Waals surface area (Å²) in [6.07, 6.45) is 3.31. The lowest BCUT2D eigenvalue weighted by atomic mass is 10.1. The molecule has 3 nitrogen and oxygen atoms in total. The molecule has 0 aliphatic rings. The summed E-state index contributed by atoms with van der Waals surface area (Å²) in [5, 5.41) is 8.55. The van der Waals surface area contributed by atoms with Gasteiger partial charge in [0, 0.05) is 9.79 Å². The van der Waals surface area contributed by atoms with E-state index in [1.807, 2.05) is 24.3 Å². The van der Waals surface area contributed by atoms with Gasteiger partial charge in [0.25, 0.3) is 0 Å². The Hall–Kier alpha value is -1.43. The van der Waals surface area contributed by atoms with E-state index in [1.54, 1.807) is 11.8 Å². The van der Waals surface area contributed by atoms with Crippen LogP contribution in [0.3, 0.4) is 0 Å². The van der Waals surface area contributed by atoms with E-state index in [0.717, 1.165) is 10.5 Å². The molecule has 0 atom stereocenters. The van der Waals surface area contributed by atoms with Crippen molar-refractivity contribution < 1.29 is 9.90 Å². The van der Waals surface area contributed by atoms with Crippen LogP contribution in [0, 0.1) is 0 Å². The normalized spacial score (nSPS) is 9.87. The van der Waals surface area contributed by atoms with Crippen LogP contribution < -0.4 is 4.72 Å². The average Bonchev–Trinajstić information content (AvgIpc) is 2.56. The van der Waals surface area contributed by atoms with E-state index in [-0.39, 0.29) is 6.54 Å². The lowest BCUT2D eigenvalue weighted by Crippen LogP contribution is -2.15. The summed E-state index contributed by atoms with van der Waals surface area (Å²) in [6.45, 7) is 4.20. The van der Waals surface area contributed by atoms with Crippen molar-refractivity contribution >= 4 is 29.7 Å². The molecule has 0 aromatic heterocycles. The minimum absolute atomic E-state index is 0.0530. The molecule has 124 valence electrons. The van der Waals surface area contributed by atoms with Gasteiger partial charge >= 0.3 is 5.97 Å². The van der Waals surface area contributed by atoms with E-state index in [2.05, 4.69) is 49.1 Å². The predicted molar refractivity (Wildman–Crippen MR) is 101 cm³/mol. The molecule has 23 heavy (non-hydrogen) atoms. The van der Waals surface area contributed by atoms with Crippen molar-refractivity contribution in [3.63, 3.8) is 0 Å². The highest BCUT2D eigenvalue weighted by atomic mass is 32.2. The fourth-order valence-corrected chi connectivity index (χ4v) is 2.72. The van der Waals surface area contributed by atoms with Gasteiger partial charge in [-0.15, -0.1) is 11.8 Å². The van der Waals surface area contributed by atoms with Crippen LogP contribution in [0.15, 0.2) is 58.3 Å². The summed E-state index contributed by atoms with van der Waals surface area (Å²) in [5.74, 6) is -0.858. The van der Waals surface area contributed by atoms with E-state index >= 15 is 0 Å². The van der Waals surface area contributed by atoms with Crippen molar-refractivity contribution in [3.05, 3.63) is 48.5 Å². The van der Waals surface area contributed by atoms with Crippen molar-refractivity contribution in [2.45, 2.75) is 30.1 Å². The van der Waals surface area contributed by atoms with Crippen LogP contribution in [0.25, 0.3) is 11.1 Å². The third-order valence-corrected chi connectivity index (χ3v) is 4.23. The number of aliphatic carboxylic acids is 1. The van der Waals surface area contributed by atoms with Gasteiger partial charge in [-0.1, -0.05) is 44.5 Å². The Kier molecular flexibility index (Phi) is 9.52. The van der Waals surface area contributed by atoms with Crippen LogP contribution in [0.1, 0.15) is 20.3 Å². The van der Waals surface area contributed by atoms with Crippen molar-refractivity contribution in [1.29, 1.82) is 0 Å². The number of carboxylic acid groups (broad SMARTS) is 1. The second kappa shape index (κ2) is 11.2. The number of carboxylic acids is 1. The summed E-state index contributed by atoms with van der Waals surface area (Å²) in [7, 11) is 0. The average molecular weight is 350 g/mol. The van der Waals surface area contributed by atoms with Crippen molar-refractivity contribution in [2.24, 2.45) is 0 Å². The third-order valence-electron chi connectivity index (χ3n) is 2.69. The molecule has 5 heteroatoms. The quantitative estimate of drug-likeness (QED) is 0.556. The van der Waals surface area contributed by atoms with Gasteiger partial charge in [0.15, 0.2) is 0 Å². The van der Waals surface area contributed by atoms with Gasteiger partial charge in [-0.25, -0.2) is 4.72 Å². The molecule has 0 heterocycles. The van der Waals surface area contributed by atoms with Gasteiger partial charge in [0.1, 0.15) is 6.54 Å². The SMILES string of the molecule is CCC.CSc1ccc(-c2ccc(SNCC(=O)O)cc2)cc1. The number of nitrogens with one attached hydrogen (secondary N) is 1. The summed E-state index contributed by atoms with van der Waals surface area (Å²) in [6, 6.07) is 16.5. The van der Waals surface area contributed by atoms with Gasteiger partial charge < -0.3 is 5.11 Å². The summed E-state index contributed by atoms with van der Waals surface area (Å²) >= 11 is 3.05. The van der Waals surface area contributed by atoms with E-state index in [4.69, 9.17) is 5.11 Å². The van der Waals surface area contributed by atoms with Crippen molar-refractivity contribution in [2.75, 3.05) is 12.8 Å². The Labute approximate surface area is 147 Å². The van der Waals surface area contributed by atoms with Crippen molar-refractivity contribution in [1.82, 2.24) is 4.72 Å². The topological polar surface area (TPSA) is 49.3 Å². The minimum Gasteiger partial charge on any atom is -0.480 e. The summed E-state index contributed by atoms with van der Waals surface area (Å²) in [5.41, 5.74) is 2.33. The molecule has 0 radical (unpaired) electrons. The maximum atomic E-state index is 10.4. The number of hydrogen-bond donors (Lipinski definition) is 2. The molecule has 0 amide bonds. The van der Waals surface area contributed by atoms with Gasteiger partial charge in [-0.3, -0.25) is 4.79 Å². The van der Waals surface area contributed by atoms with Gasteiger partial charge in [-0.05, 0) is 53.6 Å². The van der Waals surface area contributed by atoms with E-state index < -0.39 is 5.97 Å². The molecule has 2 aromatic rings. The van der Waals surface area contributed by atoms with E-state index in [9.17, 15) is 4.79 Å². The Balaban J connectivity index is 0.000000816. The smallest absolute Gasteiger partial charge is 0.318 e. The molecule has 0 saturated carbocycles. The molecular formula is C18H23NO2S2. The molecular weight excluding hydrogens is 326 g/mol. The largest absolute Gasteiger partial charge is 0.480 e. The Morgan fingerprint density at radius 1 is 0.957 bits per heavy atom. The first-order chi connectivity index (χ1) is 11.1. The summed E-state index contributed by atoms with van der Waals surface area (Å²) in [4.78, 5) is 12.6. The zero-order valence-electron chi connectivity index (χ0n) is 13.7. The number of rotatable bonds is 6. The molecule has 2 N–H and O–H groups in total. The molecule has 0 bridgehead atoms. The Morgan fingerprint density at radius 3 is 1.78 bits per heavy atom. The maximum Gasteiger partial charge on any atom is 0.318 e. The summed E-state index contributed by atoms with van der Waals surface area (Å²) < 4.78 is 2.79. The fourth-order valence-electron chi connectivity index (χ4n) is 1.68. The number of hydrogen-bond acceptors (Lipinski definition) is 4. The molecule has 0 aliphatic carbocycles. The Morgan fingerprint density at radius 2 is 1.39 bits per heavy atom. The molecule has 2 aromatic carbocycles. The van der Waals surface area contributed by atoms with Gasteiger partial charge in [0.2, 0.25) is 0 Å². The zero-order valence-corrected chi connectivity index (χ0v) is 15.3. The van der Waals surface area contributed by atoms with E-state index in [1.165, 1.54) is 28.8 Å². The molecule has 2 rings (SSSR count). The lowest BCUT2D eigenvalue weighted by Gasteiger charge is -2.05. The molecule has 0 fully saturated rings. The van der Waals surface area contributed by atoms with Crippen LogP contribution in [-0.2, 0) is 4.79 Å². The lowest BCUT2D eigenvalue weighted by molar-refractivity contribution is -0.135. The maximum absolute atomic E-state index is 10.4. The monoisotopic (exact) mass is 349 g/mol. The van der Waals surface area contributed by atoms with E-state index in [0.29, 0.717) is 0 Å². The highest BCUT2D eigenvalue weighted by molar-refractivity contribution is 7.98. The molecule has 0 spiro atoms. The van der Waals surface area contributed by atoms with Gasteiger partial charge in [-0.2, -0.15) is 0 Å². The fraction of sp³-hybridized carbons (Fsp3) is 0.278. The Bertz CT molecular complexity index is 583. The van der Waals surface area contributed by atoms with Crippen LogP contribution >= 0.6 is 23.7 Å². The first-order valence-corrected chi connectivity index (χ1v) is 9.50. The first kappa shape index (κ1) is 19.6. The number of thioether (sulfide) groups is 1. The molecule has 0 unspecified atom stereocenters. The molecule has 0 saturated heterocycles. The zero-order chi connectivity index (χ0) is 17.1. The predicted octanol–water partition coefficient (Wildman–Crippen LogP) is 5.17. The number of benzene rings is 2. The molecule has 0 aliphatic heterocycles. The van der Waals surface area contributed by atoms with Crippen LogP contribution in [0.4, 0.5) is 0 Å². The highest BCUT2D eigenvalue weighted by Crippen LogP contribution is 2.25. The number of carbonyl (C=O) groups is 1. The van der Waals surface area contributed by atoms with Crippen LogP contribution in [-0.4, -0.2) is 23.9 Å². The third kappa shape index (κ3) is 7.59. The minimum atomic E-state index is -0.858. The van der Waals surface area contributed by atoms with Crippen molar-refractivity contribution in [3.8, 4) is 11.1 Å². The standard InChI is InChI=1S/C15H15NO2S2.C3H8/c1-19-13-6-2-11(3-7-13)12-4-8-14(9-5-12)20-16-10-15(17)18;1-3-2/h2-9,16H,10H2,1H3,(H,17,18);3H2,1-2H3. The first-order valence-electron chi connectivity index (χ1n) is 7.46. The highest BCUT2D eigenvalue weighted by Gasteiger charge is 2.00. The van der Waals surface area contributed by atoms with Crippen LogP contribution in [0.2, 0.25) is 0 Å². The van der Waals surface area contributed by atoms with Crippen LogP contribution in [0.5, 0.6) is 0 Å². The second-order valence-electron chi connectivity index (χ2n) is 4.78. The van der Waals surface area contributed by atoms with Gasteiger partial charge in [0.05, 0.1) is 0 Å².